The maximum absolute atomic E-state index is 13.2. The first-order valence-corrected chi connectivity index (χ1v) is 9.82. The van der Waals surface area contributed by atoms with Gasteiger partial charge in [0.1, 0.15) is 5.69 Å². The predicted octanol–water partition coefficient (Wildman–Crippen LogP) is 3.83. The van der Waals surface area contributed by atoms with E-state index >= 15 is 0 Å². The van der Waals surface area contributed by atoms with Crippen molar-refractivity contribution in [1.82, 2.24) is 15.0 Å². The van der Waals surface area contributed by atoms with E-state index < -0.39 is 0 Å². The molecule has 150 valence electrons. The quantitative estimate of drug-likeness (QED) is 0.614. The van der Waals surface area contributed by atoms with Crippen molar-refractivity contribution in [1.29, 1.82) is 0 Å². The lowest BCUT2D eigenvalue weighted by atomic mass is 10.2. The van der Waals surface area contributed by atoms with Gasteiger partial charge in [0.05, 0.1) is 0 Å². The third kappa shape index (κ3) is 5.16. The molecule has 3 aromatic rings. The summed E-state index contributed by atoms with van der Waals surface area (Å²) in [5.74, 6) is 0.440. The molecule has 2 aromatic heterocycles. The first-order chi connectivity index (χ1) is 14.0. The van der Waals surface area contributed by atoms with Gasteiger partial charge in [0.2, 0.25) is 5.95 Å². The van der Waals surface area contributed by atoms with E-state index in [9.17, 15) is 4.79 Å². The number of nitrogens with zero attached hydrogens (tertiary/aromatic N) is 5. The number of aromatic nitrogens is 3. The molecule has 0 N–H and O–H groups in total. The highest BCUT2D eigenvalue weighted by Gasteiger charge is 2.20. The van der Waals surface area contributed by atoms with E-state index in [2.05, 4.69) is 15.0 Å². The topological polar surface area (TPSA) is 62.2 Å². The number of carbonyl (C=O) groups is 1. The molecule has 6 heteroatoms. The smallest absolute Gasteiger partial charge is 0.277 e. The van der Waals surface area contributed by atoms with Gasteiger partial charge in [-0.25, -0.2) is 9.97 Å². The number of benzene rings is 1. The normalized spacial score (nSPS) is 10.6. The van der Waals surface area contributed by atoms with Crippen molar-refractivity contribution < 1.29 is 4.79 Å². The monoisotopic (exact) mass is 389 g/mol. The summed E-state index contributed by atoms with van der Waals surface area (Å²) >= 11 is 0. The molecule has 0 atom stereocenters. The molecule has 1 aromatic carbocycles. The van der Waals surface area contributed by atoms with E-state index in [1.807, 2.05) is 69.1 Å². The van der Waals surface area contributed by atoms with Gasteiger partial charge in [0.15, 0.2) is 0 Å². The second-order valence-electron chi connectivity index (χ2n) is 7.11. The van der Waals surface area contributed by atoms with Gasteiger partial charge < -0.3 is 9.80 Å². The summed E-state index contributed by atoms with van der Waals surface area (Å²) in [4.78, 5) is 30.1. The summed E-state index contributed by atoms with van der Waals surface area (Å²) in [5.41, 5.74) is 4.37. The van der Waals surface area contributed by atoms with Gasteiger partial charge in [-0.1, -0.05) is 12.1 Å². The number of likely N-dealkylation sites (N-methyl/N-ethyl adjacent to an activating group) is 1. The molecule has 3 rings (SSSR count). The molecule has 2 heterocycles. The average molecular weight is 390 g/mol. The molecule has 0 radical (unpaired) electrons. The summed E-state index contributed by atoms with van der Waals surface area (Å²) in [6, 6.07) is 13.7. The molecule has 0 unspecified atom stereocenters. The number of rotatable bonds is 7. The summed E-state index contributed by atoms with van der Waals surface area (Å²) in [7, 11) is 1.95. The molecule has 0 bridgehead atoms. The largest absolute Gasteiger partial charge is 0.344 e. The number of amides is 1. The first kappa shape index (κ1) is 20.5. The van der Waals surface area contributed by atoms with E-state index in [1.165, 1.54) is 5.56 Å². The summed E-state index contributed by atoms with van der Waals surface area (Å²) in [6.07, 6.45) is 4.43. The molecule has 0 aliphatic rings. The van der Waals surface area contributed by atoms with Gasteiger partial charge >= 0.3 is 0 Å². The standard InChI is InChI=1S/C23H27N5O/c1-5-28(20-8-6-7-17(2)15-20)22(29)21-16-18(3)25-23(26-21)27(4)14-11-19-9-12-24-13-10-19/h6-10,12-13,15-16H,5,11,14H2,1-4H3. The van der Waals surface area contributed by atoms with E-state index in [4.69, 9.17) is 0 Å². The van der Waals surface area contributed by atoms with Crippen molar-refractivity contribution in [3.8, 4) is 0 Å². The van der Waals surface area contributed by atoms with E-state index in [-0.39, 0.29) is 5.91 Å². The summed E-state index contributed by atoms with van der Waals surface area (Å²) < 4.78 is 0. The third-order valence-corrected chi connectivity index (χ3v) is 4.76. The minimum absolute atomic E-state index is 0.118. The highest BCUT2D eigenvalue weighted by Crippen LogP contribution is 2.19. The van der Waals surface area contributed by atoms with E-state index in [1.54, 1.807) is 23.4 Å². The number of hydrogen-bond acceptors (Lipinski definition) is 5. The van der Waals surface area contributed by atoms with Crippen LogP contribution in [0.2, 0.25) is 0 Å². The maximum atomic E-state index is 13.2. The molecular weight excluding hydrogens is 362 g/mol. The van der Waals surface area contributed by atoms with Crippen molar-refractivity contribution in [2.24, 2.45) is 0 Å². The summed E-state index contributed by atoms with van der Waals surface area (Å²) in [6.45, 7) is 7.19. The van der Waals surface area contributed by atoms with Crippen molar-refractivity contribution in [3.05, 3.63) is 77.4 Å². The lowest BCUT2D eigenvalue weighted by molar-refractivity contribution is 0.0983. The van der Waals surface area contributed by atoms with Gasteiger partial charge in [-0.05, 0) is 68.7 Å². The number of aryl methyl sites for hydroxylation is 2. The lowest BCUT2D eigenvalue weighted by Crippen LogP contribution is -2.32. The van der Waals surface area contributed by atoms with Crippen LogP contribution >= 0.6 is 0 Å². The average Bonchev–Trinajstić information content (AvgIpc) is 2.73. The van der Waals surface area contributed by atoms with Crippen LogP contribution in [0.15, 0.2) is 54.9 Å². The molecule has 6 nitrogen and oxygen atoms in total. The Morgan fingerprint density at radius 1 is 1.03 bits per heavy atom. The number of hydrogen-bond donors (Lipinski definition) is 0. The van der Waals surface area contributed by atoms with Crippen LogP contribution in [0.1, 0.15) is 34.2 Å². The minimum atomic E-state index is -0.118. The van der Waals surface area contributed by atoms with E-state index in [0.29, 0.717) is 18.2 Å². The van der Waals surface area contributed by atoms with Crippen LogP contribution in [-0.2, 0) is 6.42 Å². The lowest BCUT2D eigenvalue weighted by Gasteiger charge is -2.23. The fraction of sp³-hybridized carbons (Fsp3) is 0.304. The highest BCUT2D eigenvalue weighted by atomic mass is 16.2. The minimum Gasteiger partial charge on any atom is -0.344 e. The third-order valence-electron chi connectivity index (χ3n) is 4.76. The zero-order valence-corrected chi connectivity index (χ0v) is 17.5. The Morgan fingerprint density at radius 2 is 1.79 bits per heavy atom. The first-order valence-electron chi connectivity index (χ1n) is 9.82. The van der Waals surface area contributed by atoms with Crippen molar-refractivity contribution in [2.45, 2.75) is 27.2 Å². The summed E-state index contributed by atoms with van der Waals surface area (Å²) in [5, 5.41) is 0. The van der Waals surface area contributed by atoms with Crippen LogP contribution in [0.4, 0.5) is 11.6 Å². The predicted molar refractivity (Wildman–Crippen MR) is 117 cm³/mol. The molecule has 1 amide bonds. The van der Waals surface area contributed by atoms with Crippen LogP contribution in [0.3, 0.4) is 0 Å². The van der Waals surface area contributed by atoms with E-state index in [0.717, 1.165) is 29.9 Å². The Bertz CT molecular complexity index is 974. The second-order valence-corrected chi connectivity index (χ2v) is 7.11. The Morgan fingerprint density at radius 3 is 2.48 bits per heavy atom. The molecule has 0 aliphatic carbocycles. The van der Waals surface area contributed by atoms with Crippen molar-refractivity contribution >= 4 is 17.5 Å². The second kappa shape index (κ2) is 9.28. The van der Waals surface area contributed by atoms with Gasteiger partial charge in [0.25, 0.3) is 5.91 Å². The Balaban J connectivity index is 1.81. The fourth-order valence-electron chi connectivity index (χ4n) is 3.16. The number of anilines is 2. The molecule has 29 heavy (non-hydrogen) atoms. The van der Waals surface area contributed by atoms with Gasteiger partial charge in [-0.2, -0.15) is 0 Å². The SMILES string of the molecule is CCN(C(=O)c1cc(C)nc(N(C)CCc2ccncc2)n1)c1cccc(C)c1. The van der Waals surface area contributed by atoms with Crippen LogP contribution in [0.5, 0.6) is 0 Å². The molecule has 0 aliphatic heterocycles. The molecular formula is C23H27N5O. The molecule has 0 saturated carbocycles. The Hall–Kier alpha value is -3.28. The van der Waals surface area contributed by atoms with Gasteiger partial charge in [-0.3, -0.25) is 9.78 Å². The molecule has 0 spiro atoms. The maximum Gasteiger partial charge on any atom is 0.277 e. The molecule has 0 fully saturated rings. The van der Waals surface area contributed by atoms with Crippen LogP contribution in [-0.4, -0.2) is 41.0 Å². The zero-order chi connectivity index (χ0) is 20.8. The van der Waals surface area contributed by atoms with Gasteiger partial charge in [0, 0.05) is 43.9 Å². The highest BCUT2D eigenvalue weighted by molar-refractivity contribution is 6.05. The Kier molecular flexibility index (Phi) is 6.54. The van der Waals surface area contributed by atoms with Crippen LogP contribution in [0, 0.1) is 13.8 Å². The number of pyridine rings is 1. The number of carbonyl (C=O) groups excluding carboxylic acids is 1. The fourth-order valence-corrected chi connectivity index (χ4v) is 3.16. The van der Waals surface area contributed by atoms with Crippen molar-refractivity contribution in [2.75, 3.05) is 29.9 Å². The van der Waals surface area contributed by atoms with Crippen LogP contribution in [0.25, 0.3) is 0 Å². The van der Waals surface area contributed by atoms with Crippen molar-refractivity contribution in [3.63, 3.8) is 0 Å². The van der Waals surface area contributed by atoms with Crippen LogP contribution < -0.4 is 9.80 Å². The molecule has 0 saturated heterocycles. The Labute approximate surface area is 172 Å². The van der Waals surface area contributed by atoms with Gasteiger partial charge in [-0.15, -0.1) is 0 Å². The zero-order valence-electron chi connectivity index (χ0n) is 17.5.